The van der Waals surface area contributed by atoms with Crippen molar-refractivity contribution in [2.45, 2.75) is 69.2 Å². The van der Waals surface area contributed by atoms with E-state index in [9.17, 15) is 18.4 Å². The molecule has 1 heterocycles. The molecule has 2 atom stereocenters. The van der Waals surface area contributed by atoms with Crippen LogP contribution in [0.15, 0.2) is 10.6 Å². The van der Waals surface area contributed by atoms with Gasteiger partial charge in [0.15, 0.2) is 5.89 Å². The minimum absolute atomic E-state index is 0.132. The number of carbonyl (C=O) groups is 2. The maximum absolute atomic E-state index is 13.7. The highest BCUT2D eigenvalue weighted by Crippen LogP contribution is 2.42. The smallest absolute Gasteiger partial charge is 0.288 e. The van der Waals surface area contributed by atoms with Gasteiger partial charge in [-0.2, -0.15) is 0 Å². The third-order valence-electron chi connectivity index (χ3n) is 5.79. The molecule has 3 fully saturated rings. The number of alkyl halides is 2. The van der Waals surface area contributed by atoms with Gasteiger partial charge < -0.3 is 15.1 Å². The van der Waals surface area contributed by atoms with Gasteiger partial charge in [-0.25, -0.2) is 13.8 Å². The number of nitrogens with one attached hydrogen (secondary N) is 2. The van der Waals surface area contributed by atoms with E-state index in [1.807, 2.05) is 0 Å². The lowest BCUT2D eigenvalue weighted by molar-refractivity contribution is -0.126. The van der Waals surface area contributed by atoms with Crippen molar-refractivity contribution in [3.05, 3.63) is 17.8 Å². The summed E-state index contributed by atoms with van der Waals surface area (Å²) in [6.45, 7) is 0.260. The second-order valence-corrected chi connectivity index (χ2v) is 8.11. The summed E-state index contributed by atoms with van der Waals surface area (Å²) in [7, 11) is 0. The molecule has 2 N–H and O–H groups in total. The van der Waals surface area contributed by atoms with Crippen LogP contribution in [0.1, 0.15) is 73.7 Å². The van der Waals surface area contributed by atoms with Crippen LogP contribution in [0.2, 0.25) is 0 Å². The number of amides is 2. The van der Waals surface area contributed by atoms with Crippen LogP contribution in [0.4, 0.5) is 8.78 Å². The van der Waals surface area contributed by atoms with Crippen LogP contribution >= 0.6 is 0 Å². The fraction of sp³-hybridized carbons (Fsp3) is 0.737. The van der Waals surface area contributed by atoms with Gasteiger partial charge in [-0.15, -0.1) is 0 Å². The topological polar surface area (TPSA) is 84.2 Å². The molecule has 148 valence electrons. The van der Waals surface area contributed by atoms with Crippen LogP contribution in [0.25, 0.3) is 0 Å². The fourth-order valence-corrected chi connectivity index (χ4v) is 3.78. The van der Waals surface area contributed by atoms with E-state index in [1.54, 1.807) is 0 Å². The molecule has 0 aliphatic heterocycles. The number of rotatable bonds is 8. The first kappa shape index (κ1) is 18.4. The summed E-state index contributed by atoms with van der Waals surface area (Å²) in [5.41, 5.74) is 0. The largest absolute Gasteiger partial charge is 0.435 e. The molecule has 2 amide bonds. The first-order chi connectivity index (χ1) is 12.9. The van der Waals surface area contributed by atoms with Crippen LogP contribution in [0.3, 0.4) is 0 Å². The molecular formula is C19H25F2N3O3. The Bertz CT molecular complexity index is 713. The second-order valence-electron chi connectivity index (χ2n) is 8.11. The molecular weight excluding hydrogens is 356 g/mol. The number of oxazole rings is 1. The predicted octanol–water partition coefficient (Wildman–Crippen LogP) is 3.00. The maximum Gasteiger partial charge on any atom is 0.288 e. The second kappa shape index (κ2) is 7.20. The Morgan fingerprint density at radius 1 is 1.26 bits per heavy atom. The van der Waals surface area contributed by atoms with Gasteiger partial charge in [0.05, 0.1) is 6.20 Å². The van der Waals surface area contributed by atoms with Crippen LogP contribution < -0.4 is 10.6 Å². The summed E-state index contributed by atoms with van der Waals surface area (Å²) in [5, 5.41) is 5.62. The average molecular weight is 381 g/mol. The molecule has 3 aliphatic rings. The number of halogens is 2. The molecule has 0 saturated heterocycles. The van der Waals surface area contributed by atoms with Gasteiger partial charge in [0.1, 0.15) is 0 Å². The first-order valence-corrected chi connectivity index (χ1v) is 9.83. The van der Waals surface area contributed by atoms with Crippen molar-refractivity contribution in [3.8, 4) is 0 Å². The van der Waals surface area contributed by atoms with Crippen molar-refractivity contribution in [1.82, 2.24) is 15.6 Å². The Morgan fingerprint density at radius 2 is 2.04 bits per heavy atom. The standard InChI is InChI=1S/C19H25F2N3O3/c20-19(21)7-1-2-13(19)8-16(25)24-14(11-3-4-11)9-22-17(26)15-10-23-18(27-15)12-5-6-12/h10-14H,1-9H2,(H,22,26)(H,24,25). The molecule has 0 spiro atoms. The first-order valence-electron chi connectivity index (χ1n) is 9.83. The summed E-state index contributed by atoms with van der Waals surface area (Å²) in [4.78, 5) is 28.6. The van der Waals surface area contributed by atoms with Crippen LogP contribution in [0.5, 0.6) is 0 Å². The van der Waals surface area contributed by atoms with Gasteiger partial charge >= 0.3 is 0 Å². The van der Waals surface area contributed by atoms with E-state index in [0.717, 1.165) is 25.7 Å². The van der Waals surface area contributed by atoms with Crippen molar-refractivity contribution < 1.29 is 22.8 Å². The molecule has 0 radical (unpaired) electrons. The van der Waals surface area contributed by atoms with E-state index in [1.165, 1.54) is 6.20 Å². The zero-order valence-corrected chi connectivity index (χ0v) is 15.2. The minimum Gasteiger partial charge on any atom is -0.435 e. The zero-order valence-electron chi connectivity index (χ0n) is 15.2. The molecule has 6 nitrogen and oxygen atoms in total. The van der Waals surface area contributed by atoms with Gasteiger partial charge in [-0.3, -0.25) is 9.59 Å². The molecule has 4 rings (SSSR count). The highest BCUT2D eigenvalue weighted by Gasteiger charge is 2.45. The Morgan fingerprint density at radius 3 is 2.67 bits per heavy atom. The number of nitrogens with zero attached hydrogens (tertiary/aromatic N) is 1. The highest BCUT2D eigenvalue weighted by molar-refractivity contribution is 5.91. The highest BCUT2D eigenvalue weighted by atomic mass is 19.3. The summed E-state index contributed by atoms with van der Waals surface area (Å²) in [6, 6.07) is -0.234. The summed E-state index contributed by atoms with van der Waals surface area (Å²) in [5.74, 6) is -2.95. The van der Waals surface area contributed by atoms with Crippen LogP contribution in [-0.4, -0.2) is 35.3 Å². The summed E-state index contributed by atoms with van der Waals surface area (Å²) in [6.07, 6.45) is 6.00. The van der Waals surface area contributed by atoms with Gasteiger partial charge in [-0.05, 0) is 44.4 Å². The van der Waals surface area contributed by atoms with Crippen LogP contribution in [-0.2, 0) is 4.79 Å². The molecule has 0 aromatic carbocycles. The van der Waals surface area contributed by atoms with Crippen molar-refractivity contribution in [2.75, 3.05) is 6.54 Å². The van der Waals surface area contributed by atoms with Crippen molar-refractivity contribution in [1.29, 1.82) is 0 Å². The summed E-state index contributed by atoms with van der Waals surface area (Å²) < 4.78 is 32.9. The van der Waals surface area contributed by atoms with E-state index in [4.69, 9.17) is 4.42 Å². The minimum atomic E-state index is -2.74. The van der Waals surface area contributed by atoms with E-state index in [0.29, 0.717) is 24.7 Å². The predicted molar refractivity (Wildman–Crippen MR) is 92.4 cm³/mol. The number of hydrogen-bond acceptors (Lipinski definition) is 4. The molecule has 2 unspecified atom stereocenters. The zero-order chi connectivity index (χ0) is 19.0. The third kappa shape index (κ3) is 4.47. The van der Waals surface area contributed by atoms with Crippen molar-refractivity contribution >= 4 is 11.8 Å². The Hall–Kier alpha value is -1.99. The molecule has 3 saturated carbocycles. The normalized spacial score (nSPS) is 25.2. The monoisotopic (exact) mass is 381 g/mol. The average Bonchev–Trinajstić information content (AvgIpc) is 3.55. The van der Waals surface area contributed by atoms with Gasteiger partial charge in [0.25, 0.3) is 11.8 Å². The lowest BCUT2D eigenvalue weighted by Gasteiger charge is -2.22. The molecule has 1 aromatic heterocycles. The Kier molecular flexibility index (Phi) is 4.90. The number of carbonyl (C=O) groups excluding carboxylic acids is 2. The number of hydrogen-bond donors (Lipinski definition) is 2. The Labute approximate surface area is 156 Å². The quantitative estimate of drug-likeness (QED) is 0.725. The molecule has 1 aromatic rings. The van der Waals surface area contributed by atoms with E-state index >= 15 is 0 Å². The molecule has 3 aliphatic carbocycles. The van der Waals surface area contributed by atoms with Gasteiger partial charge in [-0.1, -0.05) is 0 Å². The molecule has 27 heavy (non-hydrogen) atoms. The van der Waals surface area contributed by atoms with Crippen LogP contribution in [0, 0.1) is 11.8 Å². The van der Waals surface area contributed by atoms with Crippen molar-refractivity contribution in [3.63, 3.8) is 0 Å². The SMILES string of the molecule is O=C(CC1CCCC1(F)F)NC(CNC(=O)c1cnc(C2CC2)o1)C1CC1. The van der Waals surface area contributed by atoms with E-state index < -0.39 is 11.8 Å². The maximum atomic E-state index is 13.7. The fourth-order valence-electron chi connectivity index (χ4n) is 3.78. The van der Waals surface area contributed by atoms with Gasteiger partial charge in [0, 0.05) is 37.3 Å². The molecule has 0 bridgehead atoms. The number of aromatic nitrogens is 1. The van der Waals surface area contributed by atoms with Crippen molar-refractivity contribution in [2.24, 2.45) is 11.8 Å². The Balaban J connectivity index is 1.27. The summed E-state index contributed by atoms with van der Waals surface area (Å²) >= 11 is 0. The molecule has 8 heteroatoms. The lowest BCUT2D eigenvalue weighted by Crippen LogP contribution is -2.46. The van der Waals surface area contributed by atoms with E-state index in [-0.39, 0.29) is 48.9 Å². The van der Waals surface area contributed by atoms with E-state index in [2.05, 4.69) is 15.6 Å². The lowest BCUT2D eigenvalue weighted by atomic mass is 10.00. The van der Waals surface area contributed by atoms with Gasteiger partial charge in [0.2, 0.25) is 11.7 Å². The third-order valence-corrected chi connectivity index (χ3v) is 5.79.